The van der Waals surface area contributed by atoms with Crippen LogP contribution in [0.4, 0.5) is 32.8 Å². The summed E-state index contributed by atoms with van der Waals surface area (Å²) in [6.07, 6.45) is 0.327. The monoisotopic (exact) mass is 860 g/mol. The number of hydrogen-bond acceptors (Lipinski definition) is 11. The van der Waals surface area contributed by atoms with Crippen LogP contribution in [0.15, 0.2) is 93.9 Å². The summed E-state index contributed by atoms with van der Waals surface area (Å²) in [5.74, 6) is 0.804. The normalized spacial score (nSPS) is 9.35. The second-order valence-electron chi connectivity index (χ2n) is 9.52. The Morgan fingerprint density at radius 2 is 1.18 bits per heavy atom. The Hall–Kier alpha value is -1.53. The van der Waals surface area contributed by atoms with Crippen LogP contribution < -0.4 is 129 Å². The molecule has 13 nitrogen and oxygen atoms in total. The fourth-order valence-electron chi connectivity index (χ4n) is 3.26. The minimum absolute atomic E-state index is 0. The van der Waals surface area contributed by atoms with Crippen molar-refractivity contribution >= 4 is 66.8 Å². The first-order valence-electron chi connectivity index (χ1n) is 13.5. The van der Waals surface area contributed by atoms with Crippen LogP contribution in [0.5, 0.6) is 11.5 Å². The minimum atomic E-state index is -0.829. The van der Waals surface area contributed by atoms with E-state index in [-0.39, 0.29) is 129 Å². The number of halogens is 3. The molecular formula is C31H33Br2FK2N4O9. The third-order valence-corrected chi connectivity index (χ3v) is 6.04. The van der Waals surface area contributed by atoms with Crippen LogP contribution in [0.2, 0.25) is 0 Å². The maximum absolute atomic E-state index is 12.6. The van der Waals surface area contributed by atoms with Gasteiger partial charge in [0.05, 0.1) is 22.1 Å². The first-order chi connectivity index (χ1) is 22.2. The van der Waals surface area contributed by atoms with Gasteiger partial charge in [0.25, 0.3) is 12.2 Å². The van der Waals surface area contributed by atoms with E-state index in [0.29, 0.717) is 10.2 Å². The number of nitrogens with zero attached hydrogens (tertiary/aromatic N) is 2. The Labute approximate surface area is 386 Å². The van der Waals surface area contributed by atoms with E-state index in [9.17, 15) is 24.6 Å². The van der Waals surface area contributed by atoms with E-state index in [1.165, 1.54) is 12.1 Å². The smallest absolute Gasteiger partial charge is 1.00 e. The van der Waals surface area contributed by atoms with Crippen LogP contribution in [0, 0.1) is 26.0 Å². The summed E-state index contributed by atoms with van der Waals surface area (Å²) in [4.78, 5) is 31.2. The minimum Gasteiger partial charge on any atom is -1.00 e. The zero-order chi connectivity index (χ0) is 35.5. The first-order valence-corrected chi connectivity index (χ1v) is 15.1. The van der Waals surface area contributed by atoms with Crippen molar-refractivity contribution in [3.63, 3.8) is 0 Å². The van der Waals surface area contributed by atoms with Crippen molar-refractivity contribution in [1.82, 2.24) is 0 Å². The maximum atomic E-state index is 12.6. The van der Waals surface area contributed by atoms with Crippen molar-refractivity contribution in [2.24, 2.45) is 0 Å². The molecule has 4 aromatic carbocycles. The molecule has 4 rings (SSSR count). The van der Waals surface area contributed by atoms with Crippen molar-refractivity contribution in [3.8, 4) is 11.5 Å². The number of ether oxygens (including phenoxy) is 2. The molecule has 0 bridgehead atoms. The van der Waals surface area contributed by atoms with Crippen LogP contribution in [-0.4, -0.2) is 28.5 Å². The van der Waals surface area contributed by atoms with Gasteiger partial charge in [-0.1, -0.05) is 31.9 Å². The van der Waals surface area contributed by atoms with Gasteiger partial charge in [-0.2, -0.15) is 4.39 Å². The van der Waals surface area contributed by atoms with E-state index in [4.69, 9.17) is 25.3 Å². The van der Waals surface area contributed by atoms with Crippen LogP contribution in [-0.2, 0) is 9.68 Å². The molecule has 4 aromatic rings. The third kappa shape index (κ3) is 21.4. The largest absolute Gasteiger partial charge is 1.00 e. The average molecular weight is 863 g/mol. The summed E-state index contributed by atoms with van der Waals surface area (Å²) in [5.41, 5.74) is 6.98. The van der Waals surface area contributed by atoms with Crippen LogP contribution >= 0.6 is 31.9 Å². The number of nitrogens with one attached hydrogen (secondary N) is 1. The zero-order valence-corrected chi connectivity index (χ0v) is 37.0. The number of nitro benzene ring substituents is 2. The molecule has 3 N–H and O–H groups in total. The van der Waals surface area contributed by atoms with E-state index in [1.807, 2.05) is 76.2 Å². The number of anilines is 3. The molecule has 18 heteroatoms. The Bertz CT molecular complexity index is 1600. The Balaban J connectivity index is -0.000000652. The van der Waals surface area contributed by atoms with Crippen molar-refractivity contribution in [2.75, 3.05) is 11.1 Å². The van der Waals surface area contributed by atoms with E-state index in [2.05, 4.69) is 42.1 Å². The number of carbonyl (C=O) groups is 1. The van der Waals surface area contributed by atoms with E-state index < -0.39 is 21.4 Å². The molecule has 0 unspecified atom stereocenters. The molecule has 0 saturated heterocycles. The standard InChI is InChI=1S/C15H15BrN2O3.C9H13NO.C6H3BrFNO2.CH2O3.2K.H/c1-10(2)21-13-6-4-12(5-7-13)17-14-9-11(16)3-8-15(14)18(19)20;1-7(2)11-9-5-3-8(10)4-6-9;7-4-1-2-6(9(10)11)5(8)3-4;2-1-4-3;;;/h3-10,17H,1-2H3;3-7H,10H2,1-2H3;1-3H;1,3H;;;/q;;;;2*+1;-1/p-1. The number of benzene rings is 4. The Morgan fingerprint density at radius 1 is 0.776 bits per heavy atom. The quantitative estimate of drug-likeness (QED) is 0.0625. The molecule has 0 aromatic heterocycles. The van der Waals surface area contributed by atoms with Gasteiger partial charge >= 0.3 is 108 Å². The second kappa shape index (κ2) is 27.2. The van der Waals surface area contributed by atoms with E-state index >= 15 is 0 Å². The molecular weight excluding hydrogens is 829 g/mol. The Kier molecular flexibility index (Phi) is 27.5. The molecule has 0 aliphatic heterocycles. The van der Waals surface area contributed by atoms with Gasteiger partial charge in [0.15, 0.2) is 0 Å². The number of nitro groups is 2. The molecule has 254 valence electrons. The van der Waals surface area contributed by atoms with Crippen molar-refractivity contribution in [2.45, 2.75) is 39.9 Å². The fourth-order valence-corrected chi connectivity index (χ4v) is 3.95. The maximum Gasteiger partial charge on any atom is 1.00 e. The number of nitrogens with two attached hydrogens (primary N) is 1. The van der Waals surface area contributed by atoms with E-state index in [0.717, 1.165) is 39.5 Å². The van der Waals surface area contributed by atoms with Gasteiger partial charge in [-0.3, -0.25) is 25.0 Å². The molecule has 49 heavy (non-hydrogen) atoms. The van der Waals surface area contributed by atoms with E-state index in [1.54, 1.807) is 12.1 Å². The number of carbonyl (C=O) groups excluding carboxylic acids is 1. The molecule has 0 aliphatic rings. The van der Waals surface area contributed by atoms with Gasteiger partial charge in [0.1, 0.15) is 17.2 Å². The summed E-state index contributed by atoms with van der Waals surface area (Å²) in [6.45, 7) is 7.72. The summed E-state index contributed by atoms with van der Waals surface area (Å²) >= 11 is 6.30. The molecule has 0 atom stereocenters. The topological polar surface area (TPSA) is 192 Å². The molecule has 0 aliphatic carbocycles. The summed E-state index contributed by atoms with van der Waals surface area (Å²) in [5, 5.41) is 32.6. The summed E-state index contributed by atoms with van der Waals surface area (Å²) in [7, 11) is 0. The first kappa shape index (κ1) is 49.6. The van der Waals surface area contributed by atoms with Gasteiger partial charge in [-0.25, -0.2) is 0 Å². The van der Waals surface area contributed by atoms with Crippen molar-refractivity contribution in [3.05, 3.63) is 120 Å². The molecule has 0 heterocycles. The molecule has 0 spiro atoms. The molecule has 0 amide bonds. The summed E-state index contributed by atoms with van der Waals surface area (Å²) in [6, 6.07) is 23.1. The van der Waals surface area contributed by atoms with Crippen LogP contribution in [0.3, 0.4) is 0 Å². The van der Waals surface area contributed by atoms with Crippen molar-refractivity contribution in [1.29, 1.82) is 0 Å². The number of hydrogen-bond donors (Lipinski definition) is 2. The summed E-state index contributed by atoms with van der Waals surface area (Å²) < 4.78 is 24.9. The van der Waals surface area contributed by atoms with Crippen LogP contribution in [0.25, 0.3) is 0 Å². The predicted molar refractivity (Wildman–Crippen MR) is 182 cm³/mol. The third-order valence-electron chi connectivity index (χ3n) is 5.06. The van der Waals surface area contributed by atoms with Gasteiger partial charge in [-0.15, -0.1) is 0 Å². The average Bonchev–Trinajstić information content (AvgIpc) is 2.99. The molecule has 0 fully saturated rings. The van der Waals surface area contributed by atoms with Gasteiger partial charge < -0.3 is 32.1 Å². The van der Waals surface area contributed by atoms with Crippen molar-refractivity contribution < 1.29 is 143 Å². The zero-order valence-electron chi connectivity index (χ0n) is 28.6. The predicted octanol–water partition coefficient (Wildman–Crippen LogP) is 2.00. The molecule has 0 saturated carbocycles. The van der Waals surface area contributed by atoms with Gasteiger partial charge in [0, 0.05) is 32.5 Å². The number of rotatable bonds is 9. The second-order valence-corrected chi connectivity index (χ2v) is 11.3. The fraction of sp³-hybridized carbons (Fsp3) is 0.194. The van der Waals surface area contributed by atoms with Gasteiger partial charge in [0.2, 0.25) is 5.82 Å². The van der Waals surface area contributed by atoms with Gasteiger partial charge in [-0.05, 0) is 100 Å². The molecule has 0 radical (unpaired) electrons. The SMILES string of the molecule is CC(C)Oc1ccc(N)cc1.CC(C)Oc1ccc(Nc2cc(Br)ccc2[N+](=O)[O-])cc1.O=CO[O-].O=[N+]([O-])c1ccc(Br)cc1F.[H-].[K+].[K+]. The number of nitrogen functional groups attached to an aromatic ring is 1. The van der Waals surface area contributed by atoms with Crippen LogP contribution in [0.1, 0.15) is 29.1 Å². The Morgan fingerprint density at radius 3 is 1.57 bits per heavy atom.